The summed E-state index contributed by atoms with van der Waals surface area (Å²) in [6, 6.07) is 23.3. The molecule has 138 valence electrons. The highest BCUT2D eigenvalue weighted by molar-refractivity contribution is 6.05. The summed E-state index contributed by atoms with van der Waals surface area (Å²) < 4.78 is 1.77. The van der Waals surface area contributed by atoms with Crippen molar-refractivity contribution >= 4 is 11.6 Å². The molecule has 4 aromatic rings. The Morgan fingerprint density at radius 3 is 2.21 bits per heavy atom. The first-order chi connectivity index (χ1) is 13.6. The number of amides is 1. The predicted molar refractivity (Wildman–Crippen MR) is 111 cm³/mol. The summed E-state index contributed by atoms with van der Waals surface area (Å²) in [5.74, 6) is -0.133. The lowest BCUT2D eigenvalue weighted by atomic mass is 10.1. The van der Waals surface area contributed by atoms with Crippen molar-refractivity contribution in [3.05, 3.63) is 95.7 Å². The topological polar surface area (TPSA) is 59.8 Å². The molecule has 3 aromatic carbocycles. The van der Waals surface area contributed by atoms with E-state index < -0.39 is 0 Å². The fourth-order valence-corrected chi connectivity index (χ4v) is 3.18. The van der Waals surface area contributed by atoms with Gasteiger partial charge in [0, 0.05) is 16.8 Å². The van der Waals surface area contributed by atoms with Gasteiger partial charge in [-0.15, -0.1) is 5.10 Å². The largest absolute Gasteiger partial charge is 0.322 e. The number of para-hydroxylation sites is 1. The van der Waals surface area contributed by atoms with Crippen LogP contribution < -0.4 is 5.32 Å². The Hall–Kier alpha value is -3.73. The van der Waals surface area contributed by atoms with Gasteiger partial charge in [0.1, 0.15) is 0 Å². The van der Waals surface area contributed by atoms with Crippen LogP contribution in [0.25, 0.3) is 16.9 Å². The minimum atomic E-state index is -0.133. The van der Waals surface area contributed by atoms with Crippen LogP contribution in [0.4, 0.5) is 5.69 Å². The average Bonchev–Trinajstić information content (AvgIpc) is 3.21. The van der Waals surface area contributed by atoms with E-state index in [0.29, 0.717) is 5.56 Å². The SMILES string of the molecule is Cc1cccc(C)c1NC(=O)c1ccc(-n2nncc2-c2ccccc2)cc1. The molecule has 1 amide bonds. The Morgan fingerprint density at radius 1 is 0.857 bits per heavy atom. The van der Waals surface area contributed by atoms with Crippen LogP contribution in [0.2, 0.25) is 0 Å². The van der Waals surface area contributed by atoms with Gasteiger partial charge in [-0.25, -0.2) is 4.68 Å². The summed E-state index contributed by atoms with van der Waals surface area (Å²) in [4.78, 5) is 12.7. The summed E-state index contributed by atoms with van der Waals surface area (Å²) in [6.45, 7) is 3.98. The Bertz CT molecular complexity index is 1090. The monoisotopic (exact) mass is 368 g/mol. The molecule has 0 spiro atoms. The molecule has 5 heteroatoms. The van der Waals surface area contributed by atoms with Crippen molar-refractivity contribution < 1.29 is 4.79 Å². The van der Waals surface area contributed by atoms with Crippen molar-refractivity contribution in [2.24, 2.45) is 0 Å². The van der Waals surface area contributed by atoms with Crippen LogP contribution in [-0.2, 0) is 0 Å². The van der Waals surface area contributed by atoms with Gasteiger partial charge in [0.25, 0.3) is 5.91 Å². The van der Waals surface area contributed by atoms with Crippen molar-refractivity contribution in [2.45, 2.75) is 13.8 Å². The van der Waals surface area contributed by atoms with E-state index in [2.05, 4.69) is 15.6 Å². The highest BCUT2D eigenvalue weighted by Gasteiger charge is 2.12. The standard InChI is InChI=1S/C23H20N4O/c1-16-7-6-8-17(2)22(16)25-23(28)19-11-13-20(14-12-19)27-21(15-24-26-27)18-9-4-3-5-10-18/h3-15H,1-2H3,(H,25,28). The number of rotatable bonds is 4. The number of benzene rings is 3. The van der Waals surface area contributed by atoms with Gasteiger partial charge in [-0.1, -0.05) is 53.7 Å². The third-order valence-electron chi connectivity index (χ3n) is 4.71. The number of aromatic nitrogens is 3. The molecule has 4 rings (SSSR count). The van der Waals surface area contributed by atoms with E-state index in [-0.39, 0.29) is 5.91 Å². The summed E-state index contributed by atoms with van der Waals surface area (Å²) in [7, 11) is 0. The van der Waals surface area contributed by atoms with Crippen LogP contribution in [-0.4, -0.2) is 20.9 Å². The fourth-order valence-electron chi connectivity index (χ4n) is 3.18. The molecule has 0 bridgehead atoms. The lowest BCUT2D eigenvalue weighted by Crippen LogP contribution is -2.14. The van der Waals surface area contributed by atoms with Crippen LogP contribution in [0.15, 0.2) is 79.0 Å². The molecular weight excluding hydrogens is 348 g/mol. The fraction of sp³-hybridized carbons (Fsp3) is 0.0870. The molecule has 1 aromatic heterocycles. The first-order valence-corrected chi connectivity index (χ1v) is 9.07. The van der Waals surface area contributed by atoms with Gasteiger partial charge in [0.2, 0.25) is 0 Å². The Morgan fingerprint density at radius 2 is 1.54 bits per heavy atom. The van der Waals surface area contributed by atoms with E-state index in [1.807, 2.05) is 74.5 Å². The van der Waals surface area contributed by atoms with Gasteiger partial charge < -0.3 is 5.32 Å². The number of nitrogens with one attached hydrogen (secondary N) is 1. The van der Waals surface area contributed by atoms with Gasteiger partial charge in [-0.05, 0) is 49.2 Å². The lowest BCUT2D eigenvalue weighted by molar-refractivity contribution is 0.102. The van der Waals surface area contributed by atoms with Crippen LogP contribution in [0, 0.1) is 13.8 Å². The molecule has 5 nitrogen and oxygen atoms in total. The zero-order valence-corrected chi connectivity index (χ0v) is 15.8. The molecule has 0 aliphatic carbocycles. The third kappa shape index (κ3) is 3.42. The molecule has 28 heavy (non-hydrogen) atoms. The van der Waals surface area contributed by atoms with Crippen molar-refractivity contribution in [3.8, 4) is 16.9 Å². The zero-order valence-electron chi connectivity index (χ0n) is 15.8. The number of hydrogen-bond donors (Lipinski definition) is 1. The summed E-state index contributed by atoms with van der Waals surface area (Å²) in [5.41, 5.74) is 6.31. The molecule has 0 fully saturated rings. The van der Waals surface area contributed by atoms with Crippen LogP contribution in [0.3, 0.4) is 0 Å². The second-order valence-electron chi connectivity index (χ2n) is 6.66. The summed E-state index contributed by atoms with van der Waals surface area (Å²) in [5, 5.41) is 11.2. The summed E-state index contributed by atoms with van der Waals surface area (Å²) >= 11 is 0. The van der Waals surface area contributed by atoms with E-state index in [0.717, 1.165) is 33.8 Å². The maximum Gasteiger partial charge on any atom is 0.255 e. The smallest absolute Gasteiger partial charge is 0.255 e. The first kappa shape index (κ1) is 17.7. The minimum Gasteiger partial charge on any atom is -0.322 e. The Kier molecular flexibility index (Phi) is 4.72. The average molecular weight is 368 g/mol. The molecule has 1 heterocycles. The number of carbonyl (C=O) groups excluding carboxylic acids is 1. The van der Waals surface area contributed by atoms with Crippen molar-refractivity contribution in [2.75, 3.05) is 5.32 Å². The molecule has 1 N–H and O–H groups in total. The van der Waals surface area contributed by atoms with Crippen molar-refractivity contribution in [3.63, 3.8) is 0 Å². The van der Waals surface area contributed by atoms with Crippen LogP contribution in [0.1, 0.15) is 21.5 Å². The normalized spacial score (nSPS) is 10.6. The number of carbonyl (C=O) groups is 1. The van der Waals surface area contributed by atoms with Crippen molar-refractivity contribution in [1.29, 1.82) is 0 Å². The van der Waals surface area contributed by atoms with Gasteiger partial charge in [-0.3, -0.25) is 4.79 Å². The van der Waals surface area contributed by atoms with E-state index in [1.165, 1.54) is 0 Å². The number of aryl methyl sites for hydroxylation is 2. The number of anilines is 1. The number of hydrogen-bond acceptors (Lipinski definition) is 3. The molecule has 0 atom stereocenters. The quantitative estimate of drug-likeness (QED) is 0.563. The van der Waals surface area contributed by atoms with Crippen LogP contribution >= 0.6 is 0 Å². The highest BCUT2D eigenvalue weighted by atomic mass is 16.1. The molecular formula is C23H20N4O. The van der Waals surface area contributed by atoms with Crippen LogP contribution in [0.5, 0.6) is 0 Å². The Balaban J connectivity index is 1.59. The van der Waals surface area contributed by atoms with Gasteiger partial charge >= 0.3 is 0 Å². The van der Waals surface area contributed by atoms with E-state index in [4.69, 9.17) is 0 Å². The maximum absolute atomic E-state index is 12.7. The molecule has 0 saturated carbocycles. The molecule has 0 aliphatic heterocycles. The molecule has 0 unspecified atom stereocenters. The third-order valence-corrected chi connectivity index (χ3v) is 4.71. The van der Waals surface area contributed by atoms with E-state index in [9.17, 15) is 4.79 Å². The van der Waals surface area contributed by atoms with Gasteiger partial charge in [0.15, 0.2) is 0 Å². The Labute approximate surface area is 163 Å². The first-order valence-electron chi connectivity index (χ1n) is 9.07. The maximum atomic E-state index is 12.7. The van der Waals surface area contributed by atoms with E-state index in [1.54, 1.807) is 23.0 Å². The zero-order chi connectivity index (χ0) is 19.5. The van der Waals surface area contributed by atoms with Crippen molar-refractivity contribution in [1.82, 2.24) is 15.0 Å². The second-order valence-corrected chi connectivity index (χ2v) is 6.66. The van der Waals surface area contributed by atoms with E-state index >= 15 is 0 Å². The number of nitrogens with zero attached hydrogens (tertiary/aromatic N) is 3. The predicted octanol–water partition coefficient (Wildman–Crippen LogP) is 4.80. The lowest BCUT2D eigenvalue weighted by Gasteiger charge is -2.12. The van der Waals surface area contributed by atoms with Gasteiger partial charge in [-0.2, -0.15) is 0 Å². The molecule has 0 aliphatic rings. The second kappa shape index (κ2) is 7.48. The molecule has 0 radical (unpaired) electrons. The highest BCUT2D eigenvalue weighted by Crippen LogP contribution is 2.23. The minimum absolute atomic E-state index is 0.133. The molecule has 0 saturated heterocycles. The summed E-state index contributed by atoms with van der Waals surface area (Å²) in [6.07, 6.45) is 1.73. The van der Waals surface area contributed by atoms with Gasteiger partial charge in [0.05, 0.1) is 17.6 Å².